The summed E-state index contributed by atoms with van der Waals surface area (Å²) in [4.78, 5) is 4.55. The summed E-state index contributed by atoms with van der Waals surface area (Å²) in [6.45, 7) is 22.5. The Balaban J connectivity index is 3.06. The van der Waals surface area contributed by atoms with Crippen molar-refractivity contribution in [2.24, 2.45) is 4.99 Å². The zero-order valence-corrected chi connectivity index (χ0v) is 18.5. The number of aliphatic imine (C=N–C) groups is 1. The number of hydrogen-bond acceptors (Lipinski definition) is 1. The van der Waals surface area contributed by atoms with Crippen LogP contribution in [0.2, 0.25) is 0 Å². The molecule has 0 saturated heterocycles. The van der Waals surface area contributed by atoms with E-state index in [1.54, 1.807) is 0 Å². The maximum atomic E-state index is 4.55. The van der Waals surface area contributed by atoms with E-state index in [1.807, 2.05) is 39.1 Å². The molecule has 0 heterocycles. The molecular weight excluding hydrogens is 340 g/mol. The van der Waals surface area contributed by atoms with Crippen molar-refractivity contribution < 1.29 is 0 Å². The van der Waals surface area contributed by atoms with Crippen LogP contribution in [0.25, 0.3) is 5.57 Å². The third-order valence-electron chi connectivity index (χ3n) is 4.48. The van der Waals surface area contributed by atoms with Crippen molar-refractivity contribution in [3.8, 4) is 0 Å². The van der Waals surface area contributed by atoms with E-state index in [1.165, 1.54) is 27.8 Å². The van der Waals surface area contributed by atoms with Crippen LogP contribution in [-0.2, 0) is 0 Å². The second-order valence-corrected chi connectivity index (χ2v) is 7.19. The molecule has 28 heavy (non-hydrogen) atoms. The van der Waals surface area contributed by atoms with Crippen LogP contribution in [0.4, 0.5) is 0 Å². The number of amidine groups is 1. The van der Waals surface area contributed by atoms with Gasteiger partial charge in [0.2, 0.25) is 0 Å². The zero-order valence-electron chi connectivity index (χ0n) is 18.5. The fourth-order valence-corrected chi connectivity index (χ4v) is 2.81. The number of benzene rings is 1. The average Bonchev–Trinajstić information content (AvgIpc) is 2.62. The van der Waals surface area contributed by atoms with Crippen LogP contribution in [-0.4, -0.2) is 5.84 Å². The molecule has 0 saturated carbocycles. The first kappa shape index (κ1) is 23.2. The Morgan fingerprint density at radius 3 is 2.14 bits per heavy atom. The predicted octanol–water partition coefficient (Wildman–Crippen LogP) is 7.21. The third kappa shape index (κ3) is 7.40. The molecule has 1 aromatic carbocycles. The summed E-state index contributed by atoms with van der Waals surface area (Å²) < 4.78 is 0. The summed E-state index contributed by atoms with van der Waals surface area (Å²) in [5.41, 5.74) is 9.01. The Morgan fingerprint density at radius 1 is 1.00 bits per heavy atom. The van der Waals surface area contributed by atoms with Crippen molar-refractivity contribution in [3.05, 3.63) is 101 Å². The molecule has 0 spiro atoms. The molecular formula is C26H34N2. The van der Waals surface area contributed by atoms with Gasteiger partial charge in [-0.3, -0.25) is 0 Å². The van der Waals surface area contributed by atoms with Gasteiger partial charge in [-0.1, -0.05) is 49.1 Å². The minimum atomic E-state index is 0.782. The Labute approximate surface area is 171 Å². The first-order valence-corrected chi connectivity index (χ1v) is 9.58. The molecule has 1 aromatic rings. The van der Waals surface area contributed by atoms with Crippen molar-refractivity contribution in [1.29, 1.82) is 0 Å². The van der Waals surface area contributed by atoms with Gasteiger partial charge in [-0.2, -0.15) is 0 Å². The van der Waals surface area contributed by atoms with Gasteiger partial charge in [-0.25, -0.2) is 4.99 Å². The fraction of sp³-hybridized carbons (Fsp3) is 0.269. The molecule has 0 aliphatic carbocycles. The lowest BCUT2D eigenvalue weighted by molar-refractivity contribution is 1.16. The summed E-state index contributed by atoms with van der Waals surface area (Å²) in [5, 5.41) is 3.20. The second-order valence-electron chi connectivity index (χ2n) is 7.19. The first-order valence-electron chi connectivity index (χ1n) is 9.58. The van der Waals surface area contributed by atoms with Crippen LogP contribution in [0.1, 0.15) is 51.3 Å². The van der Waals surface area contributed by atoms with Gasteiger partial charge in [0, 0.05) is 11.9 Å². The molecule has 0 bridgehead atoms. The van der Waals surface area contributed by atoms with E-state index in [-0.39, 0.29) is 0 Å². The topological polar surface area (TPSA) is 24.4 Å². The van der Waals surface area contributed by atoms with Gasteiger partial charge >= 0.3 is 0 Å². The van der Waals surface area contributed by atoms with Crippen molar-refractivity contribution in [2.45, 2.75) is 48.5 Å². The molecule has 0 aliphatic rings. The standard InChI is InChI=1S/C26H34N2/c1-10-19(4)14-15-23(8)28-24(9)27-17-25(18(2)3)16-22(7)26-20(5)12-11-13-21(26)6/h10-17H,2,8H2,1,3-7,9H3,(H,27,28)/b15-14-,19-10-,22-16+,25-17-. The fourth-order valence-electron chi connectivity index (χ4n) is 2.81. The molecule has 0 radical (unpaired) electrons. The summed E-state index contributed by atoms with van der Waals surface area (Å²) in [6.07, 6.45) is 10.0. The van der Waals surface area contributed by atoms with Gasteiger partial charge in [0.1, 0.15) is 5.84 Å². The SMILES string of the molecule is C=C(/C=C\C(C)=C/C)NC(C)=N/C=C(/C=C(\C)c1c(C)cccc1C)C(=C)C. The molecule has 0 fully saturated rings. The van der Waals surface area contributed by atoms with E-state index in [4.69, 9.17) is 0 Å². The lowest BCUT2D eigenvalue weighted by atomic mass is 9.94. The summed E-state index contributed by atoms with van der Waals surface area (Å²) >= 11 is 0. The van der Waals surface area contributed by atoms with Crippen LogP contribution in [0.5, 0.6) is 0 Å². The monoisotopic (exact) mass is 374 g/mol. The average molecular weight is 375 g/mol. The van der Waals surface area contributed by atoms with Gasteiger partial charge in [-0.05, 0) is 94.0 Å². The summed E-state index contributed by atoms with van der Waals surface area (Å²) in [6, 6.07) is 6.38. The van der Waals surface area contributed by atoms with Crippen LogP contribution in [0.3, 0.4) is 0 Å². The van der Waals surface area contributed by atoms with Crippen LogP contribution < -0.4 is 5.32 Å². The molecule has 2 heteroatoms. The number of nitrogens with one attached hydrogen (secondary N) is 1. The van der Waals surface area contributed by atoms with Gasteiger partial charge in [-0.15, -0.1) is 0 Å². The lowest BCUT2D eigenvalue weighted by Crippen LogP contribution is -2.17. The van der Waals surface area contributed by atoms with E-state index in [0.717, 1.165) is 22.7 Å². The number of hydrogen-bond donors (Lipinski definition) is 1. The number of rotatable bonds is 7. The largest absolute Gasteiger partial charge is 0.344 e. The number of allylic oxidation sites excluding steroid dienone is 8. The van der Waals surface area contributed by atoms with Crippen LogP contribution in [0.15, 0.2) is 89.3 Å². The highest BCUT2D eigenvalue weighted by Crippen LogP contribution is 2.25. The first-order chi connectivity index (χ1) is 13.1. The maximum Gasteiger partial charge on any atom is 0.103 e. The van der Waals surface area contributed by atoms with E-state index >= 15 is 0 Å². The van der Waals surface area contributed by atoms with E-state index in [0.29, 0.717) is 0 Å². The Bertz CT molecular complexity index is 867. The minimum Gasteiger partial charge on any atom is -0.344 e. The summed E-state index contributed by atoms with van der Waals surface area (Å²) in [7, 11) is 0. The molecule has 148 valence electrons. The van der Waals surface area contributed by atoms with Crippen molar-refractivity contribution >= 4 is 11.4 Å². The van der Waals surface area contributed by atoms with Gasteiger partial charge in [0.05, 0.1) is 0 Å². The molecule has 0 atom stereocenters. The highest BCUT2D eigenvalue weighted by atomic mass is 15.0. The number of aryl methyl sites for hydroxylation is 2. The van der Waals surface area contributed by atoms with E-state index in [2.05, 4.69) is 81.5 Å². The van der Waals surface area contributed by atoms with Crippen molar-refractivity contribution in [1.82, 2.24) is 5.32 Å². The normalized spacial score (nSPS) is 13.8. The Hall–Kier alpha value is -2.87. The van der Waals surface area contributed by atoms with Gasteiger partial charge in [0.25, 0.3) is 0 Å². The Kier molecular flexibility index (Phi) is 9.17. The molecule has 0 unspecified atom stereocenters. The van der Waals surface area contributed by atoms with Crippen molar-refractivity contribution in [3.63, 3.8) is 0 Å². The molecule has 0 aliphatic heterocycles. The molecule has 2 nitrogen and oxygen atoms in total. The lowest BCUT2D eigenvalue weighted by Gasteiger charge is -2.11. The predicted molar refractivity (Wildman–Crippen MR) is 126 cm³/mol. The zero-order chi connectivity index (χ0) is 21.3. The van der Waals surface area contributed by atoms with E-state index < -0.39 is 0 Å². The third-order valence-corrected chi connectivity index (χ3v) is 4.48. The van der Waals surface area contributed by atoms with Crippen LogP contribution in [0, 0.1) is 13.8 Å². The molecule has 1 rings (SSSR count). The van der Waals surface area contributed by atoms with Gasteiger partial charge < -0.3 is 5.32 Å². The quantitative estimate of drug-likeness (QED) is 0.304. The molecule has 0 aromatic heterocycles. The molecule has 1 N–H and O–H groups in total. The summed E-state index contributed by atoms with van der Waals surface area (Å²) in [5.74, 6) is 0.782. The highest BCUT2D eigenvalue weighted by Gasteiger charge is 2.05. The van der Waals surface area contributed by atoms with E-state index in [9.17, 15) is 0 Å². The van der Waals surface area contributed by atoms with Crippen LogP contribution >= 0.6 is 0 Å². The minimum absolute atomic E-state index is 0.782. The van der Waals surface area contributed by atoms with Crippen molar-refractivity contribution in [2.75, 3.05) is 0 Å². The van der Waals surface area contributed by atoms with Gasteiger partial charge in [0.15, 0.2) is 0 Å². The molecule has 0 amide bonds. The highest BCUT2D eigenvalue weighted by molar-refractivity contribution is 5.82. The smallest absolute Gasteiger partial charge is 0.103 e. The number of nitrogens with zero attached hydrogens (tertiary/aromatic N) is 1. The second kappa shape index (κ2) is 11.1. The maximum absolute atomic E-state index is 4.55. The Morgan fingerprint density at radius 2 is 1.61 bits per heavy atom.